The number of ether oxygens (including phenoxy) is 2. The van der Waals surface area contributed by atoms with Crippen LogP contribution >= 0.6 is 0 Å². The van der Waals surface area contributed by atoms with E-state index >= 15 is 0 Å². The summed E-state index contributed by atoms with van der Waals surface area (Å²) >= 11 is 0. The molecule has 0 N–H and O–H groups in total. The number of hydrogen-bond donors (Lipinski definition) is 0. The molecule has 3 aromatic rings. The molecule has 0 bridgehead atoms. The molecule has 2 aliphatic heterocycles. The molecule has 0 radical (unpaired) electrons. The molecular weight excluding hydrogens is 382 g/mol. The van der Waals surface area contributed by atoms with Crippen LogP contribution in [0, 0.1) is 0 Å². The highest BCUT2D eigenvalue weighted by Crippen LogP contribution is 2.32. The maximum Gasteiger partial charge on any atom is 0.261 e. The van der Waals surface area contributed by atoms with Gasteiger partial charge in [0, 0.05) is 26.4 Å². The molecule has 0 amide bonds. The molecular formula is C22H27N5O3. The Hall–Kier alpha value is -2.55. The normalized spacial score (nSPS) is 19.4. The van der Waals surface area contributed by atoms with Gasteiger partial charge in [-0.2, -0.15) is 0 Å². The number of nitrogens with zero attached hydrogens (tertiary/aromatic N) is 5. The summed E-state index contributed by atoms with van der Waals surface area (Å²) in [4.78, 5) is 25.2. The van der Waals surface area contributed by atoms with Crippen molar-refractivity contribution in [1.82, 2.24) is 24.0 Å². The average molecular weight is 409 g/mol. The summed E-state index contributed by atoms with van der Waals surface area (Å²) in [5, 5.41) is 0.659. The Morgan fingerprint density at radius 1 is 1.27 bits per heavy atom. The van der Waals surface area contributed by atoms with Crippen LogP contribution < -0.4 is 5.56 Å². The molecule has 4 heterocycles. The van der Waals surface area contributed by atoms with E-state index in [1.54, 1.807) is 7.11 Å². The van der Waals surface area contributed by atoms with Crippen molar-refractivity contribution in [2.45, 2.75) is 45.1 Å². The highest BCUT2D eigenvalue weighted by Gasteiger charge is 2.31. The van der Waals surface area contributed by atoms with E-state index in [9.17, 15) is 4.79 Å². The number of rotatable bonds is 6. The summed E-state index contributed by atoms with van der Waals surface area (Å²) in [6.45, 7) is 4.91. The Kier molecular flexibility index (Phi) is 5.37. The second-order valence-electron chi connectivity index (χ2n) is 7.94. The number of methoxy groups -OCH3 is 1. The fraction of sp³-hybridized carbons (Fsp3) is 0.500. The minimum Gasteiger partial charge on any atom is -0.383 e. The van der Waals surface area contributed by atoms with Crippen LogP contribution in [0.2, 0.25) is 0 Å². The maximum absolute atomic E-state index is 13.2. The lowest BCUT2D eigenvalue weighted by Gasteiger charge is -2.27. The minimum absolute atomic E-state index is 0.0124. The molecule has 30 heavy (non-hydrogen) atoms. The third kappa shape index (κ3) is 3.45. The maximum atomic E-state index is 13.2. The largest absolute Gasteiger partial charge is 0.383 e. The molecule has 2 aromatic heterocycles. The van der Waals surface area contributed by atoms with Crippen molar-refractivity contribution in [3.63, 3.8) is 0 Å². The fourth-order valence-corrected chi connectivity index (χ4v) is 4.64. The lowest BCUT2D eigenvalue weighted by atomic mass is 10.1. The summed E-state index contributed by atoms with van der Waals surface area (Å²) < 4.78 is 14.9. The molecule has 1 aromatic carbocycles. The van der Waals surface area contributed by atoms with Crippen molar-refractivity contribution in [3.8, 4) is 0 Å². The van der Waals surface area contributed by atoms with Gasteiger partial charge >= 0.3 is 0 Å². The number of para-hydroxylation sites is 1. The zero-order chi connectivity index (χ0) is 20.5. The number of benzene rings is 1. The Morgan fingerprint density at radius 2 is 2.17 bits per heavy atom. The third-order valence-electron chi connectivity index (χ3n) is 6.15. The van der Waals surface area contributed by atoms with Gasteiger partial charge in [0.2, 0.25) is 0 Å². The Bertz CT molecular complexity index is 1110. The first kappa shape index (κ1) is 19.4. The highest BCUT2D eigenvalue weighted by molar-refractivity contribution is 5.77. The van der Waals surface area contributed by atoms with Crippen molar-refractivity contribution in [2.75, 3.05) is 26.9 Å². The summed E-state index contributed by atoms with van der Waals surface area (Å²) in [7, 11) is 1.66. The number of fused-ring (bicyclic) bond motifs is 2. The van der Waals surface area contributed by atoms with Gasteiger partial charge in [-0.15, -0.1) is 0 Å². The molecule has 8 nitrogen and oxygen atoms in total. The molecule has 1 fully saturated rings. The molecule has 0 spiro atoms. The zero-order valence-electron chi connectivity index (χ0n) is 17.3. The number of likely N-dealkylation sites (tertiary alicyclic amines) is 1. The first-order valence-electron chi connectivity index (χ1n) is 10.6. The molecule has 0 saturated carbocycles. The second-order valence-corrected chi connectivity index (χ2v) is 7.94. The Morgan fingerprint density at radius 3 is 3.07 bits per heavy atom. The van der Waals surface area contributed by atoms with Crippen LogP contribution in [0.5, 0.6) is 0 Å². The Balaban J connectivity index is 1.52. The topological polar surface area (TPSA) is 74.4 Å². The van der Waals surface area contributed by atoms with E-state index in [1.165, 1.54) is 5.69 Å². The van der Waals surface area contributed by atoms with Crippen molar-refractivity contribution in [1.29, 1.82) is 0 Å². The lowest BCUT2D eigenvalue weighted by molar-refractivity contribution is 0.0793. The van der Waals surface area contributed by atoms with E-state index in [0.717, 1.165) is 56.2 Å². The van der Waals surface area contributed by atoms with Gasteiger partial charge < -0.3 is 14.0 Å². The van der Waals surface area contributed by atoms with E-state index in [-0.39, 0.29) is 11.6 Å². The van der Waals surface area contributed by atoms with Crippen molar-refractivity contribution in [3.05, 3.63) is 58.2 Å². The Labute approximate surface area is 175 Å². The SMILES string of the molecule is COCCn1c(C2CCCN2Cc2cnc3n2CCOC3)nc2ccccc2c1=O. The van der Waals surface area contributed by atoms with Crippen molar-refractivity contribution in [2.24, 2.45) is 0 Å². The van der Waals surface area contributed by atoms with Gasteiger partial charge in [-0.3, -0.25) is 14.3 Å². The molecule has 8 heteroatoms. The number of aromatic nitrogens is 4. The predicted octanol–water partition coefficient (Wildman–Crippen LogP) is 2.11. The van der Waals surface area contributed by atoms with Crippen LogP contribution in [0.25, 0.3) is 10.9 Å². The van der Waals surface area contributed by atoms with Crippen molar-refractivity contribution >= 4 is 10.9 Å². The van der Waals surface area contributed by atoms with Gasteiger partial charge in [0.15, 0.2) is 0 Å². The second kappa shape index (κ2) is 8.29. The molecule has 1 atom stereocenters. The minimum atomic E-state index is 0.0124. The summed E-state index contributed by atoms with van der Waals surface area (Å²) in [6, 6.07) is 7.70. The van der Waals surface area contributed by atoms with E-state index in [4.69, 9.17) is 14.5 Å². The van der Waals surface area contributed by atoms with Crippen LogP contribution in [0.4, 0.5) is 0 Å². The van der Waals surface area contributed by atoms with Crippen LogP contribution in [-0.2, 0) is 35.7 Å². The van der Waals surface area contributed by atoms with E-state index in [2.05, 4.69) is 14.5 Å². The monoisotopic (exact) mass is 409 g/mol. The van der Waals surface area contributed by atoms with Crippen LogP contribution in [0.1, 0.15) is 36.2 Å². The lowest BCUT2D eigenvalue weighted by Crippen LogP contribution is -2.33. The summed E-state index contributed by atoms with van der Waals surface area (Å²) in [6.07, 6.45) is 4.04. The molecule has 5 rings (SSSR count). The first-order chi connectivity index (χ1) is 14.8. The van der Waals surface area contributed by atoms with Gasteiger partial charge in [-0.05, 0) is 31.5 Å². The molecule has 1 saturated heterocycles. The average Bonchev–Trinajstić information content (AvgIpc) is 3.41. The first-order valence-corrected chi connectivity index (χ1v) is 10.6. The summed E-state index contributed by atoms with van der Waals surface area (Å²) in [5.41, 5.74) is 1.97. The summed E-state index contributed by atoms with van der Waals surface area (Å²) in [5.74, 6) is 1.84. The van der Waals surface area contributed by atoms with Crippen LogP contribution in [0.3, 0.4) is 0 Å². The smallest absolute Gasteiger partial charge is 0.261 e. The molecule has 0 aliphatic carbocycles. The molecule has 1 unspecified atom stereocenters. The van der Waals surface area contributed by atoms with E-state index < -0.39 is 0 Å². The quantitative estimate of drug-likeness (QED) is 0.621. The van der Waals surface area contributed by atoms with Crippen molar-refractivity contribution < 1.29 is 9.47 Å². The van der Waals surface area contributed by atoms with Crippen LogP contribution in [-0.4, -0.2) is 50.9 Å². The number of imidazole rings is 1. The van der Waals surface area contributed by atoms with Gasteiger partial charge in [0.1, 0.15) is 18.3 Å². The fourth-order valence-electron chi connectivity index (χ4n) is 4.64. The third-order valence-corrected chi connectivity index (χ3v) is 6.15. The highest BCUT2D eigenvalue weighted by atomic mass is 16.5. The predicted molar refractivity (Wildman–Crippen MR) is 112 cm³/mol. The van der Waals surface area contributed by atoms with Gasteiger partial charge in [-0.25, -0.2) is 9.97 Å². The van der Waals surface area contributed by atoms with Crippen LogP contribution in [0.15, 0.2) is 35.3 Å². The molecule has 2 aliphatic rings. The van der Waals surface area contributed by atoms with E-state index in [1.807, 2.05) is 35.0 Å². The van der Waals surface area contributed by atoms with Gasteiger partial charge in [0.25, 0.3) is 5.56 Å². The van der Waals surface area contributed by atoms with E-state index in [0.29, 0.717) is 25.1 Å². The molecule has 158 valence electrons. The van der Waals surface area contributed by atoms with Gasteiger partial charge in [0.05, 0.1) is 42.4 Å². The van der Waals surface area contributed by atoms with Gasteiger partial charge in [-0.1, -0.05) is 12.1 Å². The number of hydrogen-bond acceptors (Lipinski definition) is 6. The standard InChI is InChI=1S/C22H27N5O3/c1-29-11-9-27-21(24-18-6-3-2-5-17(18)22(27)28)19-7-4-8-25(19)14-16-13-23-20-15-30-12-10-26(16)20/h2-3,5-6,13,19H,4,7-12,14-15H2,1H3. The zero-order valence-corrected chi connectivity index (χ0v) is 17.3.